The molecule has 0 radical (unpaired) electrons. The number of hydrogen-bond donors (Lipinski definition) is 1. The highest BCUT2D eigenvalue weighted by Crippen LogP contribution is 2.26. The van der Waals surface area contributed by atoms with Crippen LogP contribution in [0.5, 0.6) is 5.75 Å². The van der Waals surface area contributed by atoms with Crippen molar-refractivity contribution in [3.8, 4) is 5.75 Å². The van der Waals surface area contributed by atoms with Crippen molar-refractivity contribution in [1.29, 1.82) is 0 Å². The number of halogens is 1. The van der Waals surface area contributed by atoms with Gasteiger partial charge in [-0.25, -0.2) is 0 Å². The van der Waals surface area contributed by atoms with Crippen LogP contribution in [0.15, 0.2) is 22.7 Å². The number of carbonyl (C=O) groups is 2. The molecule has 0 bridgehead atoms. The molecule has 1 fully saturated rings. The van der Waals surface area contributed by atoms with E-state index in [0.717, 1.165) is 23.9 Å². The average Bonchev–Trinajstić information content (AvgIpc) is 2.94. The summed E-state index contributed by atoms with van der Waals surface area (Å²) in [5.74, 6) is 0.682. The van der Waals surface area contributed by atoms with Crippen LogP contribution in [-0.4, -0.2) is 49.9 Å². The fraction of sp³-hybridized carbons (Fsp3) is 0.467. The number of hydrogen-bond acceptors (Lipinski definition) is 4. The summed E-state index contributed by atoms with van der Waals surface area (Å²) < 4.78 is 5.90. The molecule has 114 valence electrons. The van der Waals surface area contributed by atoms with Crippen LogP contribution in [0.3, 0.4) is 0 Å². The Kier molecular flexibility index (Phi) is 5.36. The zero-order valence-electron chi connectivity index (χ0n) is 12.2. The Bertz CT molecular complexity index is 548. The van der Waals surface area contributed by atoms with Gasteiger partial charge in [0.15, 0.2) is 5.78 Å². The highest BCUT2D eigenvalue weighted by molar-refractivity contribution is 9.10. The third-order valence-electron chi connectivity index (χ3n) is 3.73. The van der Waals surface area contributed by atoms with Gasteiger partial charge in [-0.05, 0) is 53.5 Å². The Morgan fingerprint density at radius 2 is 2.24 bits per heavy atom. The number of likely N-dealkylation sites (tertiary alicyclic amines) is 1. The van der Waals surface area contributed by atoms with E-state index in [4.69, 9.17) is 4.74 Å². The van der Waals surface area contributed by atoms with Gasteiger partial charge in [0.25, 0.3) is 0 Å². The summed E-state index contributed by atoms with van der Waals surface area (Å²) in [5.41, 5.74) is 0.616. The Morgan fingerprint density at radius 3 is 2.86 bits per heavy atom. The summed E-state index contributed by atoms with van der Waals surface area (Å²) in [7, 11) is 3.21. The lowest BCUT2D eigenvalue weighted by Crippen LogP contribution is -2.44. The molecule has 1 aliphatic heterocycles. The van der Waals surface area contributed by atoms with Crippen LogP contribution >= 0.6 is 15.9 Å². The van der Waals surface area contributed by atoms with Gasteiger partial charge in [-0.3, -0.25) is 14.5 Å². The highest BCUT2D eigenvalue weighted by atomic mass is 79.9. The zero-order chi connectivity index (χ0) is 15.4. The van der Waals surface area contributed by atoms with Gasteiger partial charge in [-0.1, -0.05) is 0 Å². The topological polar surface area (TPSA) is 58.6 Å². The largest absolute Gasteiger partial charge is 0.496 e. The van der Waals surface area contributed by atoms with Crippen LogP contribution in [0.1, 0.15) is 23.2 Å². The smallest absolute Gasteiger partial charge is 0.237 e. The molecule has 0 aliphatic carbocycles. The first-order valence-electron chi connectivity index (χ1n) is 6.89. The molecule has 0 saturated carbocycles. The van der Waals surface area contributed by atoms with E-state index in [1.165, 1.54) is 0 Å². The van der Waals surface area contributed by atoms with E-state index in [2.05, 4.69) is 21.2 Å². The number of amides is 1. The monoisotopic (exact) mass is 354 g/mol. The molecule has 1 aromatic carbocycles. The molecule has 1 amide bonds. The third kappa shape index (κ3) is 3.63. The first kappa shape index (κ1) is 16.0. The van der Waals surface area contributed by atoms with E-state index >= 15 is 0 Å². The minimum absolute atomic E-state index is 0.00848. The maximum atomic E-state index is 12.4. The molecule has 0 spiro atoms. The van der Waals surface area contributed by atoms with Crippen LogP contribution < -0.4 is 10.1 Å². The lowest BCUT2D eigenvalue weighted by Gasteiger charge is -2.22. The number of benzene rings is 1. The van der Waals surface area contributed by atoms with Gasteiger partial charge in [-0.15, -0.1) is 0 Å². The number of ether oxygens (including phenoxy) is 1. The maximum Gasteiger partial charge on any atom is 0.237 e. The minimum atomic E-state index is -0.194. The van der Waals surface area contributed by atoms with Crippen LogP contribution in [0.2, 0.25) is 0 Å². The van der Waals surface area contributed by atoms with Gasteiger partial charge in [0.2, 0.25) is 5.91 Å². The molecule has 1 aliphatic rings. The summed E-state index contributed by atoms with van der Waals surface area (Å²) in [5, 5.41) is 2.66. The molecule has 1 aromatic rings. The van der Waals surface area contributed by atoms with Crippen LogP contribution in [0, 0.1) is 0 Å². The highest BCUT2D eigenvalue weighted by Gasteiger charge is 2.31. The second-order valence-electron chi connectivity index (χ2n) is 5.02. The number of methoxy groups -OCH3 is 1. The van der Waals surface area contributed by atoms with E-state index in [1.54, 1.807) is 32.4 Å². The maximum absolute atomic E-state index is 12.4. The summed E-state index contributed by atoms with van der Waals surface area (Å²) in [4.78, 5) is 26.1. The fourth-order valence-corrected chi connectivity index (χ4v) is 3.14. The number of likely N-dealkylation sites (N-methyl/N-ethyl adjacent to an activating group) is 1. The number of nitrogens with one attached hydrogen (secondary N) is 1. The van der Waals surface area contributed by atoms with Crippen molar-refractivity contribution in [3.63, 3.8) is 0 Å². The zero-order valence-corrected chi connectivity index (χ0v) is 13.8. The van der Waals surface area contributed by atoms with Crippen molar-refractivity contribution in [1.82, 2.24) is 10.2 Å². The minimum Gasteiger partial charge on any atom is -0.496 e. The SMILES string of the molecule is CNC(=O)C1CCCN1CC(=O)c1ccc(OC)c(Br)c1. The second kappa shape index (κ2) is 7.04. The molecular formula is C15H19BrN2O3. The standard InChI is InChI=1S/C15H19BrN2O3/c1-17-15(20)12-4-3-7-18(12)9-13(19)10-5-6-14(21-2)11(16)8-10/h5-6,8,12H,3-4,7,9H2,1-2H3,(H,17,20). The molecule has 21 heavy (non-hydrogen) atoms. The summed E-state index contributed by atoms with van der Waals surface area (Å²) >= 11 is 3.38. The average molecular weight is 355 g/mol. The second-order valence-corrected chi connectivity index (χ2v) is 5.87. The lowest BCUT2D eigenvalue weighted by atomic mass is 10.1. The first-order chi connectivity index (χ1) is 10.1. The number of ketones is 1. The summed E-state index contributed by atoms with van der Waals surface area (Å²) in [6, 6.07) is 5.07. The van der Waals surface area contributed by atoms with Crippen molar-refractivity contribution in [2.45, 2.75) is 18.9 Å². The Morgan fingerprint density at radius 1 is 1.48 bits per heavy atom. The van der Waals surface area contributed by atoms with Crippen molar-refractivity contribution in [2.75, 3.05) is 27.2 Å². The molecule has 2 rings (SSSR count). The molecule has 6 heteroatoms. The normalized spacial score (nSPS) is 18.5. The lowest BCUT2D eigenvalue weighted by molar-refractivity contribution is -0.124. The predicted octanol–water partition coefficient (Wildman–Crippen LogP) is 1.85. The third-order valence-corrected chi connectivity index (χ3v) is 4.35. The Labute approximate surface area is 132 Å². The molecule has 5 nitrogen and oxygen atoms in total. The van der Waals surface area contributed by atoms with Crippen molar-refractivity contribution >= 4 is 27.6 Å². The summed E-state index contributed by atoms with van der Waals surface area (Å²) in [6.07, 6.45) is 1.75. The van der Waals surface area contributed by atoms with Gasteiger partial charge in [-0.2, -0.15) is 0 Å². The van der Waals surface area contributed by atoms with Crippen molar-refractivity contribution in [3.05, 3.63) is 28.2 Å². The molecule has 1 atom stereocenters. The molecule has 1 unspecified atom stereocenters. The number of Topliss-reactive ketones (excluding diaryl/α,β-unsaturated/α-hetero) is 1. The Balaban J connectivity index is 2.07. The van der Waals surface area contributed by atoms with Crippen LogP contribution in [0.4, 0.5) is 0 Å². The van der Waals surface area contributed by atoms with Crippen molar-refractivity contribution in [2.24, 2.45) is 0 Å². The van der Waals surface area contributed by atoms with Gasteiger partial charge in [0.05, 0.1) is 24.2 Å². The molecule has 1 N–H and O–H groups in total. The molecule has 0 aromatic heterocycles. The van der Waals surface area contributed by atoms with Crippen LogP contribution in [0.25, 0.3) is 0 Å². The quantitative estimate of drug-likeness (QED) is 0.819. The van der Waals surface area contributed by atoms with Gasteiger partial charge in [0, 0.05) is 12.6 Å². The number of rotatable bonds is 5. The van der Waals surface area contributed by atoms with E-state index in [-0.39, 0.29) is 24.3 Å². The molecular weight excluding hydrogens is 336 g/mol. The fourth-order valence-electron chi connectivity index (χ4n) is 2.59. The number of carbonyl (C=O) groups excluding carboxylic acids is 2. The first-order valence-corrected chi connectivity index (χ1v) is 7.68. The molecule has 1 saturated heterocycles. The van der Waals surface area contributed by atoms with E-state index in [9.17, 15) is 9.59 Å². The van der Waals surface area contributed by atoms with Gasteiger partial charge in [0.1, 0.15) is 5.75 Å². The Hall–Kier alpha value is -1.40. The van der Waals surface area contributed by atoms with E-state index in [0.29, 0.717) is 11.3 Å². The summed E-state index contributed by atoms with van der Waals surface area (Å²) in [6.45, 7) is 1.04. The van der Waals surface area contributed by atoms with Crippen molar-refractivity contribution < 1.29 is 14.3 Å². The number of nitrogens with zero attached hydrogens (tertiary/aromatic N) is 1. The molecule has 1 heterocycles. The van der Waals surface area contributed by atoms with Gasteiger partial charge < -0.3 is 10.1 Å². The predicted molar refractivity (Wildman–Crippen MR) is 83.7 cm³/mol. The van der Waals surface area contributed by atoms with E-state index in [1.807, 2.05) is 4.90 Å². The van der Waals surface area contributed by atoms with E-state index < -0.39 is 0 Å². The van der Waals surface area contributed by atoms with Crippen LogP contribution in [-0.2, 0) is 4.79 Å². The van der Waals surface area contributed by atoms with Gasteiger partial charge >= 0.3 is 0 Å².